The van der Waals surface area contributed by atoms with Crippen LogP contribution in [-0.4, -0.2) is 45.6 Å². The van der Waals surface area contributed by atoms with Gasteiger partial charge in [0.05, 0.1) is 11.6 Å². The standard InChI is InChI=1S/C20H30N4O2/c1-14-9-15(2)24(22-14)13-20(7-8-20)12-21-19(26)16-10-18(25)23(11-16)17-5-3-4-6-17/h9,16-17H,3-8,10-13H2,1-2H3,(H,21,26)/t16-/m0/s1. The number of carbonyl (C=O) groups excluding carboxylic acids is 2. The maximum Gasteiger partial charge on any atom is 0.225 e. The number of likely N-dealkylation sites (tertiary alicyclic amines) is 1. The Morgan fingerprint density at radius 2 is 2.04 bits per heavy atom. The van der Waals surface area contributed by atoms with Gasteiger partial charge in [-0.1, -0.05) is 12.8 Å². The SMILES string of the molecule is Cc1cc(C)n(CC2(CNC(=O)[C@H]3CC(=O)N(C4CCCC4)C3)CC2)n1. The van der Waals surface area contributed by atoms with E-state index in [0.29, 0.717) is 25.6 Å². The second kappa shape index (κ2) is 6.71. The van der Waals surface area contributed by atoms with Gasteiger partial charge in [-0.15, -0.1) is 0 Å². The second-order valence-electron chi connectivity index (χ2n) is 8.69. The zero-order chi connectivity index (χ0) is 18.3. The molecule has 1 saturated heterocycles. The molecule has 26 heavy (non-hydrogen) atoms. The van der Waals surface area contributed by atoms with Crippen molar-refractivity contribution in [1.29, 1.82) is 0 Å². The quantitative estimate of drug-likeness (QED) is 0.848. The van der Waals surface area contributed by atoms with E-state index in [1.807, 2.05) is 11.8 Å². The Labute approximate surface area is 155 Å². The van der Waals surface area contributed by atoms with E-state index in [-0.39, 0.29) is 23.1 Å². The van der Waals surface area contributed by atoms with Crippen molar-refractivity contribution in [2.75, 3.05) is 13.1 Å². The molecule has 2 amide bonds. The van der Waals surface area contributed by atoms with Gasteiger partial charge in [0.2, 0.25) is 11.8 Å². The lowest BCUT2D eigenvalue weighted by Crippen LogP contribution is -2.39. The summed E-state index contributed by atoms with van der Waals surface area (Å²) >= 11 is 0. The van der Waals surface area contributed by atoms with Crippen molar-refractivity contribution in [3.63, 3.8) is 0 Å². The predicted octanol–water partition coefficient (Wildman–Crippen LogP) is 2.19. The van der Waals surface area contributed by atoms with Crippen LogP contribution >= 0.6 is 0 Å². The molecule has 0 bridgehead atoms. The van der Waals surface area contributed by atoms with Gasteiger partial charge in [0, 0.05) is 43.2 Å². The minimum Gasteiger partial charge on any atom is -0.355 e. The Balaban J connectivity index is 1.30. The molecule has 1 atom stereocenters. The number of hydrogen-bond donors (Lipinski definition) is 1. The number of nitrogens with zero attached hydrogens (tertiary/aromatic N) is 3. The number of aryl methyl sites for hydroxylation is 2. The molecule has 0 aromatic carbocycles. The van der Waals surface area contributed by atoms with Crippen LogP contribution in [0.3, 0.4) is 0 Å². The average Bonchev–Trinajstić information content (AvgIpc) is 2.93. The average molecular weight is 358 g/mol. The zero-order valence-electron chi connectivity index (χ0n) is 16.0. The molecule has 4 rings (SSSR count). The molecule has 2 saturated carbocycles. The fraction of sp³-hybridized carbons (Fsp3) is 0.750. The van der Waals surface area contributed by atoms with E-state index in [1.54, 1.807) is 0 Å². The van der Waals surface area contributed by atoms with Crippen LogP contribution < -0.4 is 5.32 Å². The molecule has 0 radical (unpaired) electrons. The van der Waals surface area contributed by atoms with Gasteiger partial charge in [0.25, 0.3) is 0 Å². The van der Waals surface area contributed by atoms with E-state index in [4.69, 9.17) is 0 Å². The Hall–Kier alpha value is -1.85. The first-order valence-corrected chi connectivity index (χ1v) is 10.0. The summed E-state index contributed by atoms with van der Waals surface area (Å²) in [6.07, 6.45) is 7.26. The highest BCUT2D eigenvalue weighted by molar-refractivity contribution is 5.89. The van der Waals surface area contributed by atoms with Crippen LogP contribution in [-0.2, 0) is 16.1 Å². The first-order valence-electron chi connectivity index (χ1n) is 10.0. The largest absolute Gasteiger partial charge is 0.355 e. The number of hydrogen-bond acceptors (Lipinski definition) is 3. The summed E-state index contributed by atoms with van der Waals surface area (Å²) in [5.41, 5.74) is 2.36. The molecule has 3 aliphatic rings. The highest BCUT2D eigenvalue weighted by Crippen LogP contribution is 2.46. The lowest BCUT2D eigenvalue weighted by molar-refractivity contribution is -0.130. The van der Waals surface area contributed by atoms with Gasteiger partial charge in [0.15, 0.2) is 0 Å². The van der Waals surface area contributed by atoms with Crippen molar-refractivity contribution in [2.24, 2.45) is 11.3 Å². The minimum atomic E-state index is -0.174. The van der Waals surface area contributed by atoms with Gasteiger partial charge >= 0.3 is 0 Å². The maximum absolute atomic E-state index is 12.6. The zero-order valence-corrected chi connectivity index (χ0v) is 16.0. The first kappa shape index (κ1) is 17.6. The number of carbonyl (C=O) groups is 2. The molecule has 3 fully saturated rings. The van der Waals surface area contributed by atoms with Gasteiger partial charge in [-0.05, 0) is 45.6 Å². The summed E-state index contributed by atoms with van der Waals surface area (Å²) in [5, 5.41) is 7.70. The van der Waals surface area contributed by atoms with Crippen LogP contribution in [0.5, 0.6) is 0 Å². The van der Waals surface area contributed by atoms with Crippen LogP contribution in [0.4, 0.5) is 0 Å². The molecule has 1 aromatic rings. The lowest BCUT2D eigenvalue weighted by Gasteiger charge is -2.24. The molecule has 2 heterocycles. The molecule has 2 aliphatic carbocycles. The van der Waals surface area contributed by atoms with E-state index in [2.05, 4.69) is 28.1 Å². The van der Waals surface area contributed by atoms with Gasteiger partial charge in [-0.3, -0.25) is 14.3 Å². The normalized spacial score (nSPS) is 25.1. The summed E-state index contributed by atoms with van der Waals surface area (Å²) in [6, 6.07) is 2.47. The Kier molecular flexibility index (Phi) is 4.53. The molecule has 1 N–H and O–H groups in total. The van der Waals surface area contributed by atoms with E-state index in [9.17, 15) is 9.59 Å². The van der Waals surface area contributed by atoms with Crippen LogP contribution in [0.2, 0.25) is 0 Å². The Morgan fingerprint density at radius 3 is 2.65 bits per heavy atom. The smallest absolute Gasteiger partial charge is 0.225 e. The van der Waals surface area contributed by atoms with E-state index >= 15 is 0 Å². The van der Waals surface area contributed by atoms with E-state index in [0.717, 1.165) is 37.9 Å². The fourth-order valence-corrected chi connectivity index (χ4v) is 4.62. The van der Waals surface area contributed by atoms with Gasteiger partial charge in [-0.2, -0.15) is 5.10 Å². The third-order valence-electron chi connectivity index (χ3n) is 6.48. The summed E-state index contributed by atoms with van der Waals surface area (Å²) in [7, 11) is 0. The Bertz CT molecular complexity index is 701. The third-order valence-corrected chi connectivity index (χ3v) is 6.48. The molecule has 1 aliphatic heterocycles. The molecule has 6 nitrogen and oxygen atoms in total. The molecule has 142 valence electrons. The number of aromatic nitrogens is 2. The van der Waals surface area contributed by atoms with Gasteiger partial charge < -0.3 is 10.2 Å². The molecular formula is C20H30N4O2. The number of nitrogens with one attached hydrogen (secondary N) is 1. The predicted molar refractivity (Wildman–Crippen MR) is 98.5 cm³/mol. The van der Waals surface area contributed by atoms with E-state index < -0.39 is 0 Å². The van der Waals surface area contributed by atoms with Crippen LogP contribution in [0, 0.1) is 25.2 Å². The lowest BCUT2D eigenvalue weighted by atomic mass is 10.1. The van der Waals surface area contributed by atoms with Crippen LogP contribution in [0.1, 0.15) is 56.3 Å². The summed E-state index contributed by atoms with van der Waals surface area (Å²) in [6.45, 7) is 6.26. The summed E-state index contributed by atoms with van der Waals surface area (Å²) in [4.78, 5) is 26.9. The monoisotopic (exact) mass is 358 g/mol. The van der Waals surface area contributed by atoms with Crippen molar-refractivity contribution >= 4 is 11.8 Å². The fourth-order valence-electron chi connectivity index (χ4n) is 4.62. The number of amides is 2. The molecule has 0 spiro atoms. The molecule has 1 aromatic heterocycles. The minimum absolute atomic E-state index is 0.0542. The molecular weight excluding hydrogens is 328 g/mol. The highest BCUT2D eigenvalue weighted by atomic mass is 16.2. The maximum atomic E-state index is 12.6. The Morgan fingerprint density at radius 1 is 1.31 bits per heavy atom. The molecule has 6 heteroatoms. The van der Waals surface area contributed by atoms with Crippen LogP contribution in [0.15, 0.2) is 6.07 Å². The number of rotatable bonds is 6. The van der Waals surface area contributed by atoms with Crippen molar-refractivity contribution in [3.8, 4) is 0 Å². The first-order chi connectivity index (χ1) is 12.5. The van der Waals surface area contributed by atoms with Crippen LogP contribution in [0.25, 0.3) is 0 Å². The van der Waals surface area contributed by atoms with Crippen molar-refractivity contribution in [3.05, 3.63) is 17.5 Å². The van der Waals surface area contributed by atoms with Crippen molar-refractivity contribution in [1.82, 2.24) is 20.0 Å². The second-order valence-corrected chi connectivity index (χ2v) is 8.69. The summed E-state index contributed by atoms with van der Waals surface area (Å²) in [5.74, 6) is 0.0481. The highest BCUT2D eigenvalue weighted by Gasteiger charge is 2.45. The van der Waals surface area contributed by atoms with Crippen molar-refractivity contribution in [2.45, 2.75) is 71.4 Å². The summed E-state index contributed by atoms with van der Waals surface area (Å²) < 4.78 is 2.06. The topological polar surface area (TPSA) is 67.2 Å². The van der Waals surface area contributed by atoms with Crippen molar-refractivity contribution < 1.29 is 9.59 Å². The molecule has 0 unspecified atom stereocenters. The van der Waals surface area contributed by atoms with Gasteiger partial charge in [-0.25, -0.2) is 0 Å². The third kappa shape index (κ3) is 3.51. The van der Waals surface area contributed by atoms with Gasteiger partial charge in [0.1, 0.15) is 0 Å². The van der Waals surface area contributed by atoms with E-state index in [1.165, 1.54) is 18.5 Å².